The molecule has 12 heavy (non-hydrogen) atoms. The van der Waals surface area contributed by atoms with Crippen molar-refractivity contribution in [2.24, 2.45) is 16.9 Å². The van der Waals surface area contributed by atoms with Crippen molar-refractivity contribution in [3.05, 3.63) is 0 Å². The summed E-state index contributed by atoms with van der Waals surface area (Å²) in [5.74, 6) is 0.823. The molecular weight excluding hydrogens is 173 g/mol. The molecule has 2 aliphatic rings. The third-order valence-corrected chi connectivity index (χ3v) is 3.98. The first-order valence-corrected chi connectivity index (χ1v) is 6.30. The molecular formula is C7H16N3OP. The number of nitrogens with two attached hydrogens (primary N) is 2. The fourth-order valence-corrected chi connectivity index (χ4v) is 3.78. The first-order chi connectivity index (χ1) is 5.49. The van der Waals surface area contributed by atoms with Crippen LogP contribution in [-0.2, 0) is 4.57 Å². The first kappa shape index (κ1) is 8.70. The van der Waals surface area contributed by atoms with Gasteiger partial charge >= 0.3 is 0 Å². The second-order valence-electron chi connectivity index (χ2n) is 4.25. The lowest BCUT2D eigenvalue weighted by Gasteiger charge is -2.29. The van der Waals surface area contributed by atoms with Crippen LogP contribution >= 0.6 is 7.59 Å². The van der Waals surface area contributed by atoms with Crippen LogP contribution in [0.1, 0.15) is 32.1 Å². The second-order valence-corrected chi connectivity index (χ2v) is 5.89. The highest BCUT2D eigenvalue weighted by molar-refractivity contribution is 7.56. The zero-order valence-electron chi connectivity index (χ0n) is 7.12. The van der Waals surface area contributed by atoms with E-state index >= 15 is 0 Å². The molecule has 0 unspecified atom stereocenters. The van der Waals surface area contributed by atoms with Gasteiger partial charge in [0, 0.05) is 5.54 Å². The van der Waals surface area contributed by atoms with Crippen LogP contribution in [0.5, 0.6) is 0 Å². The van der Waals surface area contributed by atoms with Gasteiger partial charge in [-0.25, -0.2) is 5.09 Å². The highest BCUT2D eigenvalue weighted by Gasteiger charge is 2.46. The van der Waals surface area contributed by atoms with Crippen LogP contribution in [0.2, 0.25) is 0 Å². The molecule has 5 heteroatoms. The molecule has 2 rings (SSSR count). The van der Waals surface area contributed by atoms with Gasteiger partial charge in [0.2, 0.25) is 0 Å². The van der Waals surface area contributed by atoms with Crippen LogP contribution in [0.15, 0.2) is 0 Å². The summed E-state index contributed by atoms with van der Waals surface area (Å²) in [4.78, 5) is 0. The van der Waals surface area contributed by atoms with Gasteiger partial charge in [0.05, 0.1) is 0 Å². The molecule has 0 aromatic heterocycles. The van der Waals surface area contributed by atoms with Crippen molar-refractivity contribution in [1.82, 2.24) is 5.09 Å². The molecule has 2 bridgehead atoms. The molecule has 0 aromatic rings. The minimum Gasteiger partial charge on any atom is -0.271 e. The standard InChI is InChI=1S/C7H16N3OP/c8-12(9,11)10-7-3-1-6(5-7)2-4-7/h6H,1-5H2,(H5,8,9,10,11). The van der Waals surface area contributed by atoms with E-state index in [4.69, 9.17) is 11.0 Å². The monoisotopic (exact) mass is 189 g/mol. The van der Waals surface area contributed by atoms with Gasteiger partial charge in [0.15, 0.2) is 0 Å². The number of nitrogens with one attached hydrogen (secondary N) is 1. The SMILES string of the molecule is NP(N)(=O)NC12CCC(CC1)C2. The molecule has 0 spiro atoms. The minimum absolute atomic E-state index is 0.0314. The quantitative estimate of drug-likeness (QED) is 0.564. The zero-order chi connectivity index (χ0) is 8.82. The van der Waals surface area contributed by atoms with Crippen molar-refractivity contribution in [3.63, 3.8) is 0 Å². The molecule has 0 aromatic carbocycles. The van der Waals surface area contributed by atoms with Gasteiger partial charge in [-0.05, 0) is 38.0 Å². The van der Waals surface area contributed by atoms with Crippen LogP contribution < -0.4 is 16.1 Å². The van der Waals surface area contributed by atoms with Crippen LogP contribution in [0.25, 0.3) is 0 Å². The van der Waals surface area contributed by atoms with E-state index in [9.17, 15) is 4.57 Å². The van der Waals surface area contributed by atoms with Gasteiger partial charge < -0.3 is 0 Å². The molecule has 0 heterocycles. The van der Waals surface area contributed by atoms with Crippen LogP contribution in [0, 0.1) is 5.92 Å². The van der Waals surface area contributed by atoms with Gasteiger partial charge in [-0.1, -0.05) is 0 Å². The lowest BCUT2D eigenvalue weighted by atomic mass is 9.95. The van der Waals surface area contributed by atoms with Gasteiger partial charge in [-0.15, -0.1) is 0 Å². The zero-order valence-corrected chi connectivity index (χ0v) is 8.02. The van der Waals surface area contributed by atoms with E-state index in [2.05, 4.69) is 5.09 Å². The molecule has 2 saturated carbocycles. The molecule has 70 valence electrons. The summed E-state index contributed by atoms with van der Waals surface area (Å²) < 4.78 is 11.2. The fourth-order valence-electron chi connectivity index (χ4n) is 2.72. The van der Waals surface area contributed by atoms with Gasteiger partial charge in [0.25, 0.3) is 7.59 Å². The van der Waals surface area contributed by atoms with E-state index in [1.54, 1.807) is 0 Å². The van der Waals surface area contributed by atoms with Crippen molar-refractivity contribution in [2.75, 3.05) is 0 Å². The van der Waals surface area contributed by atoms with Crippen molar-refractivity contribution in [3.8, 4) is 0 Å². The van der Waals surface area contributed by atoms with E-state index in [1.165, 1.54) is 12.8 Å². The molecule has 0 aliphatic heterocycles. The molecule has 0 radical (unpaired) electrons. The number of hydrogen-bond donors (Lipinski definition) is 3. The predicted octanol–water partition coefficient (Wildman–Crippen LogP) is 0.934. The second kappa shape index (κ2) is 2.55. The maximum Gasteiger partial charge on any atom is 0.274 e. The van der Waals surface area contributed by atoms with Crippen molar-refractivity contribution in [2.45, 2.75) is 37.6 Å². The van der Waals surface area contributed by atoms with Crippen molar-refractivity contribution < 1.29 is 4.57 Å². The normalized spacial score (nSPS) is 40.7. The highest BCUT2D eigenvalue weighted by Crippen LogP contribution is 2.50. The molecule has 0 atom stereocenters. The molecule has 0 saturated heterocycles. The average molecular weight is 189 g/mol. The summed E-state index contributed by atoms with van der Waals surface area (Å²) in [6.45, 7) is 0. The van der Waals surface area contributed by atoms with Gasteiger partial charge in [0.1, 0.15) is 0 Å². The molecule has 4 nitrogen and oxygen atoms in total. The van der Waals surface area contributed by atoms with E-state index in [-0.39, 0.29) is 5.54 Å². The van der Waals surface area contributed by atoms with Crippen LogP contribution in [-0.4, -0.2) is 5.54 Å². The summed E-state index contributed by atoms with van der Waals surface area (Å²) in [6, 6.07) is 0. The molecule has 2 fully saturated rings. The largest absolute Gasteiger partial charge is 0.274 e. The Bertz CT molecular complexity index is 229. The Hall–Kier alpha value is 0.110. The fraction of sp³-hybridized carbons (Fsp3) is 1.00. The van der Waals surface area contributed by atoms with E-state index in [1.807, 2.05) is 0 Å². The lowest BCUT2D eigenvalue weighted by molar-refractivity contribution is 0.378. The van der Waals surface area contributed by atoms with E-state index in [0.29, 0.717) is 0 Å². The van der Waals surface area contributed by atoms with Crippen LogP contribution in [0.3, 0.4) is 0 Å². The van der Waals surface area contributed by atoms with Crippen molar-refractivity contribution >= 4 is 7.59 Å². The van der Waals surface area contributed by atoms with Gasteiger partial charge in [-0.2, -0.15) is 0 Å². The molecule has 2 aliphatic carbocycles. The van der Waals surface area contributed by atoms with E-state index < -0.39 is 7.59 Å². The average Bonchev–Trinajstić information content (AvgIpc) is 2.40. The third-order valence-electron chi connectivity index (χ3n) is 3.15. The maximum absolute atomic E-state index is 11.2. The topological polar surface area (TPSA) is 81.1 Å². The Balaban J connectivity index is 2.08. The van der Waals surface area contributed by atoms with Gasteiger partial charge in [-0.3, -0.25) is 15.6 Å². The summed E-state index contributed by atoms with van der Waals surface area (Å²) in [5, 5.41) is 2.93. The predicted molar refractivity (Wildman–Crippen MR) is 48.4 cm³/mol. The smallest absolute Gasteiger partial charge is 0.271 e. The van der Waals surface area contributed by atoms with E-state index in [0.717, 1.165) is 25.2 Å². The Morgan fingerprint density at radius 1 is 1.33 bits per heavy atom. The summed E-state index contributed by atoms with van der Waals surface area (Å²) in [7, 11) is -3.02. The first-order valence-electron chi connectivity index (χ1n) is 4.46. The Morgan fingerprint density at radius 2 is 1.92 bits per heavy atom. The number of fused-ring (bicyclic) bond motifs is 2. The third kappa shape index (κ3) is 1.57. The minimum atomic E-state index is -3.02. The summed E-state index contributed by atoms with van der Waals surface area (Å²) in [6.07, 6.45) is 5.79. The molecule has 0 amide bonds. The summed E-state index contributed by atoms with van der Waals surface area (Å²) in [5.41, 5.74) is 10.7. The lowest BCUT2D eigenvalue weighted by Crippen LogP contribution is -2.42. The Morgan fingerprint density at radius 3 is 2.25 bits per heavy atom. The summed E-state index contributed by atoms with van der Waals surface area (Å²) >= 11 is 0. The Labute approximate surface area is 72.6 Å². The number of hydrogen-bond acceptors (Lipinski definition) is 1. The highest BCUT2D eigenvalue weighted by atomic mass is 31.2. The van der Waals surface area contributed by atoms with Crippen LogP contribution in [0.4, 0.5) is 0 Å². The van der Waals surface area contributed by atoms with Crippen molar-refractivity contribution in [1.29, 1.82) is 0 Å². The molecule has 5 N–H and O–H groups in total. The number of rotatable bonds is 2. The Kier molecular flexibility index (Phi) is 1.85. The maximum atomic E-state index is 11.2.